The summed E-state index contributed by atoms with van der Waals surface area (Å²) in [6, 6.07) is 7.70. The largest absolute Gasteiger partial charge is 0.464 e. The normalized spacial score (nSPS) is 20.9. The van der Waals surface area contributed by atoms with Gasteiger partial charge in [-0.05, 0) is 43.9 Å². The van der Waals surface area contributed by atoms with Gasteiger partial charge in [0, 0.05) is 10.5 Å². The van der Waals surface area contributed by atoms with Crippen molar-refractivity contribution in [3.63, 3.8) is 0 Å². The molecule has 2 rings (SSSR count). The zero-order valence-corrected chi connectivity index (χ0v) is 15.0. The summed E-state index contributed by atoms with van der Waals surface area (Å²) in [5.41, 5.74) is 1.11. The van der Waals surface area contributed by atoms with Crippen molar-refractivity contribution in [2.75, 3.05) is 12.4 Å². The minimum atomic E-state index is -3.38. The average Bonchev–Trinajstić information content (AvgIpc) is 3.18. The van der Waals surface area contributed by atoms with Crippen LogP contribution in [-0.4, -0.2) is 32.8 Å². The second-order valence-corrected chi connectivity index (χ2v) is 8.55. The Balaban J connectivity index is 1.77. The van der Waals surface area contributed by atoms with Gasteiger partial charge in [0.25, 0.3) is 0 Å². The Hall–Kier alpha value is -0.920. The highest BCUT2D eigenvalue weighted by Crippen LogP contribution is 2.48. The van der Waals surface area contributed by atoms with Gasteiger partial charge in [0.15, 0.2) is 0 Å². The van der Waals surface area contributed by atoms with Crippen LogP contribution in [0.1, 0.15) is 31.7 Å². The number of halogens is 1. The second kappa shape index (κ2) is 7.10. The van der Waals surface area contributed by atoms with Crippen molar-refractivity contribution in [2.24, 2.45) is 5.92 Å². The van der Waals surface area contributed by atoms with E-state index in [1.54, 1.807) is 13.8 Å². The summed E-state index contributed by atoms with van der Waals surface area (Å²) in [6.07, 6.45) is 0.761. The molecule has 0 radical (unpaired) electrons. The number of carbonyl (C=O) groups excluding carboxylic acids is 1. The number of rotatable bonds is 7. The van der Waals surface area contributed by atoms with Crippen LogP contribution in [0.25, 0.3) is 0 Å². The van der Waals surface area contributed by atoms with E-state index in [0.29, 0.717) is 0 Å². The predicted molar refractivity (Wildman–Crippen MR) is 88.0 cm³/mol. The number of esters is 1. The van der Waals surface area contributed by atoms with E-state index < -0.39 is 10.0 Å². The fraction of sp³-hybridized carbons (Fsp3) is 0.533. The number of ether oxygens (including phenoxy) is 1. The lowest BCUT2D eigenvalue weighted by molar-refractivity contribution is -0.144. The van der Waals surface area contributed by atoms with Gasteiger partial charge < -0.3 is 4.74 Å². The van der Waals surface area contributed by atoms with E-state index in [0.717, 1.165) is 16.5 Å². The zero-order valence-electron chi connectivity index (χ0n) is 12.6. The molecule has 0 spiro atoms. The van der Waals surface area contributed by atoms with Gasteiger partial charge in [-0.25, -0.2) is 13.1 Å². The van der Waals surface area contributed by atoms with Gasteiger partial charge in [0.2, 0.25) is 10.0 Å². The lowest BCUT2D eigenvalue weighted by Crippen LogP contribution is -2.34. The second-order valence-electron chi connectivity index (χ2n) is 5.76. The van der Waals surface area contributed by atoms with Crippen LogP contribution in [0.5, 0.6) is 0 Å². The summed E-state index contributed by atoms with van der Waals surface area (Å²) in [5, 5.41) is 0. The van der Waals surface area contributed by atoms with Crippen LogP contribution in [0.4, 0.5) is 0 Å². The molecule has 1 N–H and O–H groups in total. The van der Waals surface area contributed by atoms with Crippen molar-refractivity contribution in [3.05, 3.63) is 34.3 Å². The predicted octanol–water partition coefficient (Wildman–Crippen LogP) is 2.42. The molecule has 1 fully saturated rings. The fourth-order valence-corrected chi connectivity index (χ4v) is 3.71. The van der Waals surface area contributed by atoms with Gasteiger partial charge in [0.05, 0.1) is 11.7 Å². The highest BCUT2D eigenvalue weighted by Gasteiger charge is 2.45. The van der Waals surface area contributed by atoms with E-state index in [1.165, 1.54) is 0 Å². The summed E-state index contributed by atoms with van der Waals surface area (Å²) in [6.45, 7) is 3.39. The molecule has 0 unspecified atom stereocenters. The Morgan fingerprint density at radius 3 is 2.59 bits per heavy atom. The SMILES string of the molecule is CC(C)NS(=O)(=O)CCOC(=O)[C@@H]1C[C@H]1c1ccc(Br)cc1. The average molecular weight is 390 g/mol. The Morgan fingerprint density at radius 1 is 1.36 bits per heavy atom. The molecule has 0 heterocycles. The molecule has 2 atom stereocenters. The van der Waals surface area contributed by atoms with Crippen LogP contribution in [0, 0.1) is 5.92 Å². The van der Waals surface area contributed by atoms with Crippen molar-refractivity contribution >= 4 is 31.9 Å². The van der Waals surface area contributed by atoms with Crippen LogP contribution in [0.15, 0.2) is 28.7 Å². The van der Waals surface area contributed by atoms with Gasteiger partial charge in [-0.2, -0.15) is 0 Å². The minimum absolute atomic E-state index is 0.107. The Kier molecular flexibility index (Phi) is 5.63. The molecule has 1 saturated carbocycles. The van der Waals surface area contributed by atoms with Gasteiger partial charge in [-0.1, -0.05) is 28.1 Å². The first kappa shape index (κ1) is 17.4. The summed E-state index contributed by atoms with van der Waals surface area (Å²) in [5.74, 6) is -0.479. The third kappa shape index (κ3) is 5.07. The quantitative estimate of drug-likeness (QED) is 0.726. The smallest absolute Gasteiger partial charge is 0.309 e. The Morgan fingerprint density at radius 2 is 2.00 bits per heavy atom. The minimum Gasteiger partial charge on any atom is -0.464 e. The van der Waals surface area contributed by atoms with Crippen LogP contribution >= 0.6 is 15.9 Å². The third-order valence-corrected chi connectivity index (χ3v) is 5.47. The lowest BCUT2D eigenvalue weighted by Gasteiger charge is -2.09. The molecule has 0 saturated heterocycles. The molecule has 22 heavy (non-hydrogen) atoms. The maximum absolute atomic E-state index is 11.9. The van der Waals surface area contributed by atoms with Crippen molar-refractivity contribution in [2.45, 2.75) is 32.2 Å². The van der Waals surface area contributed by atoms with Crippen LogP contribution in [0.3, 0.4) is 0 Å². The van der Waals surface area contributed by atoms with Crippen LogP contribution < -0.4 is 4.72 Å². The van der Waals surface area contributed by atoms with E-state index in [2.05, 4.69) is 20.7 Å². The van der Waals surface area contributed by atoms with Gasteiger partial charge >= 0.3 is 5.97 Å². The molecule has 122 valence electrons. The van der Waals surface area contributed by atoms with Crippen molar-refractivity contribution < 1.29 is 17.9 Å². The van der Waals surface area contributed by atoms with E-state index in [1.807, 2.05) is 24.3 Å². The van der Waals surface area contributed by atoms with Crippen LogP contribution in [0.2, 0.25) is 0 Å². The van der Waals surface area contributed by atoms with E-state index in [4.69, 9.17) is 4.74 Å². The summed E-state index contributed by atoms with van der Waals surface area (Å²) in [7, 11) is -3.38. The molecule has 1 aliphatic carbocycles. The Labute approximate surface area is 139 Å². The number of hydrogen-bond acceptors (Lipinski definition) is 4. The summed E-state index contributed by atoms with van der Waals surface area (Å²) >= 11 is 3.37. The monoisotopic (exact) mass is 389 g/mol. The maximum atomic E-state index is 11.9. The molecule has 1 aromatic carbocycles. The molecule has 0 aromatic heterocycles. The summed E-state index contributed by atoms with van der Waals surface area (Å²) < 4.78 is 31.8. The molecular formula is C15H20BrNO4S. The number of benzene rings is 1. The van der Waals surface area contributed by atoms with Gasteiger partial charge in [0.1, 0.15) is 6.61 Å². The first-order chi connectivity index (χ1) is 10.3. The van der Waals surface area contributed by atoms with Gasteiger partial charge in [-0.15, -0.1) is 0 Å². The number of hydrogen-bond donors (Lipinski definition) is 1. The summed E-state index contributed by atoms with van der Waals surface area (Å²) in [4.78, 5) is 11.9. The highest BCUT2D eigenvalue weighted by atomic mass is 79.9. The van der Waals surface area contributed by atoms with Crippen molar-refractivity contribution in [1.82, 2.24) is 4.72 Å². The third-order valence-electron chi connectivity index (χ3n) is 3.40. The molecule has 7 heteroatoms. The molecule has 0 amide bonds. The van der Waals surface area contributed by atoms with E-state index in [9.17, 15) is 13.2 Å². The highest BCUT2D eigenvalue weighted by molar-refractivity contribution is 9.10. The molecule has 5 nitrogen and oxygen atoms in total. The molecule has 1 aliphatic rings. The topological polar surface area (TPSA) is 72.5 Å². The number of nitrogens with one attached hydrogen (secondary N) is 1. The van der Waals surface area contributed by atoms with Crippen molar-refractivity contribution in [3.8, 4) is 0 Å². The zero-order chi connectivity index (χ0) is 16.3. The molecule has 1 aromatic rings. The maximum Gasteiger partial charge on any atom is 0.309 e. The first-order valence-corrected chi connectivity index (χ1v) is 9.65. The number of carbonyl (C=O) groups is 1. The molecular weight excluding hydrogens is 370 g/mol. The number of sulfonamides is 1. The van der Waals surface area contributed by atoms with Crippen molar-refractivity contribution in [1.29, 1.82) is 0 Å². The van der Waals surface area contributed by atoms with E-state index in [-0.39, 0.29) is 36.2 Å². The molecule has 0 bridgehead atoms. The van der Waals surface area contributed by atoms with Gasteiger partial charge in [-0.3, -0.25) is 4.79 Å². The molecule has 0 aliphatic heterocycles. The standard InChI is InChI=1S/C15H20BrNO4S/c1-10(2)17-22(19,20)8-7-21-15(18)14-9-13(14)11-3-5-12(16)6-4-11/h3-6,10,13-14,17H,7-9H2,1-2H3/t13-,14+/m0/s1. The first-order valence-electron chi connectivity index (χ1n) is 7.20. The lowest BCUT2D eigenvalue weighted by atomic mass is 10.1. The fourth-order valence-electron chi connectivity index (χ4n) is 2.31. The van der Waals surface area contributed by atoms with E-state index >= 15 is 0 Å². The van der Waals surface area contributed by atoms with Crippen LogP contribution in [-0.2, 0) is 19.6 Å². The Bertz CT molecular complexity index is 627.